The van der Waals surface area contributed by atoms with Gasteiger partial charge in [0.05, 0.1) is 0 Å². The van der Waals surface area contributed by atoms with Gasteiger partial charge < -0.3 is 0 Å². The van der Waals surface area contributed by atoms with E-state index in [2.05, 4.69) is 0 Å². The van der Waals surface area contributed by atoms with Crippen LogP contribution in [0.5, 0.6) is 0 Å². The first kappa shape index (κ1) is 11.7. The van der Waals surface area contributed by atoms with Crippen LogP contribution in [0.1, 0.15) is 51.4 Å². The average Bonchev–Trinajstić information content (AvgIpc) is 2.31. The summed E-state index contributed by atoms with van der Waals surface area (Å²) in [6.45, 7) is 0. The van der Waals surface area contributed by atoms with E-state index in [-0.39, 0.29) is 0 Å². The monoisotopic (exact) mass is 241 g/mol. The lowest BCUT2D eigenvalue weighted by Crippen LogP contribution is -1.96. The molecule has 88 valence electrons. The molecule has 0 saturated carbocycles. The lowest BCUT2D eigenvalue weighted by atomic mass is 10.1. The van der Waals surface area contributed by atoms with Gasteiger partial charge in [-0.15, -0.1) is 0 Å². The van der Waals surface area contributed by atoms with Gasteiger partial charge in [0, 0.05) is 17.4 Å². The highest BCUT2D eigenvalue weighted by molar-refractivity contribution is 7.33. The zero-order chi connectivity index (χ0) is 11.2. The molecule has 2 aliphatic rings. The molecule has 4 heteroatoms. The summed E-state index contributed by atoms with van der Waals surface area (Å²) in [5.41, 5.74) is 0. The predicted octanol–water partition coefficient (Wildman–Crippen LogP) is 4.59. The van der Waals surface area contributed by atoms with E-state index in [4.69, 9.17) is 9.05 Å². The van der Waals surface area contributed by atoms with Crippen LogP contribution in [0.4, 0.5) is 0 Å². The topological polar surface area (TPSA) is 35.5 Å². The van der Waals surface area contributed by atoms with Crippen molar-refractivity contribution < 1.29 is 13.6 Å². The third-order valence-corrected chi connectivity index (χ3v) is 3.65. The molecule has 0 aliphatic heterocycles. The Hall–Kier alpha value is -0.820. The predicted molar refractivity (Wildman–Crippen MR) is 62.9 cm³/mol. The van der Waals surface area contributed by atoms with Crippen LogP contribution in [-0.2, 0) is 13.6 Å². The highest BCUT2D eigenvalue weighted by Crippen LogP contribution is 2.36. The first-order valence-corrected chi connectivity index (χ1v) is 7.15. The van der Waals surface area contributed by atoms with Crippen molar-refractivity contribution in [3.05, 3.63) is 23.7 Å². The molecule has 0 aromatic rings. The van der Waals surface area contributed by atoms with Crippen LogP contribution in [0, 0.1) is 0 Å². The van der Waals surface area contributed by atoms with Crippen LogP contribution in [-0.4, -0.2) is 0 Å². The summed E-state index contributed by atoms with van der Waals surface area (Å²) in [5.74, 6) is 1.67. The molecule has 0 spiro atoms. The summed E-state index contributed by atoms with van der Waals surface area (Å²) in [4.78, 5) is 0. The van der Waals surface area contributed by atoms with Gasteiger partial charge in [-0.1, -0.05) is 0 Å². The zero-order valence-corrected chi connectivity index (χ0v) is 10.4. The maximum Gasteiger partial charge on any atom is 0.804 e. The molecule has 0 fully saturated rings. The molecule has 2 aliphatic carbocycles. The first-order chi connectivity index (χ1) is 7.84. The molecule has 0 N–H and O–H groups in total. The molecule has 0 heterocycles. The Morgan fingerprint density at radius 2 is 1.38 bits per heavy atom. The van der Waals surface area contributed by atoms with Gasteiger partial charge in [-0.3, -0.25) is 0 Å². The highest BCUT2D eigenvalue weighted by atomic mass is 31.1. The molecule has 0 radical (unpaired) electrons. The number of rotatable bonds is 4. The quantitative estimate of drug-likeness (QED) is 0.675. The lowest BCUT2D eigenvalue weighted by molar-refractivity contribution is 0.290. The van der Waals surface area contributed by atoms with E-state index >= 15 is 0 Å². The molecule has 0 bridgehead atoms. The molecular formula is C12H18O3P+. The molecular weight excluding hydrogens is 223 g/mol. The Kier molecular flexibility index (Phi) is 4.41. The second-order valence-electron chi connectivity index (χ2n) is 4.24. The summed E-state index contributed by atoms with van der Waals surface area (Å²) in [5, 5.41) is 0. The van der Waals surface area contributed by atoms with Crippen LogP contribution in [0.2, 0.25) is 0 Å². The minimum atomic E-state index is -2.01. The van der Waals surface area contributed by atoms with Crippen LogP contribution in [0.3, 0.4) is 0 Å². The summed E-state index contributed by atoms with van der Waals surface area (Å²) >= 11 is 0. The van der Waals surface area contributed by atoms with Crippen LogP contribution < -0.4 is 0 Å². The van der Waals surface area contributed by atoms with Gasteiger partial charge >= 0.3 is 8.25 Å². The first-order valence-electron chi connectivity index (χ1n) is 6.06. The number of allylic oxidation sites excluding steroid dienone is 4. The van der Waals surface area contributed by atoms with Crippen molar-refractivity contribution in [3.63, 3.8) is 0 Å². The summed E-state index contributed by atoms with van der Waals surface area (Å²) in [7, 11) is -2.01. The second-order valence-corrected chi connectivity index (χ2v) is 5.05. The van der Waals surface area contributed by atoms with Gasteiger partial charge in [0.15, 0.2) is 11.5 Å². The number of hydrogen-bond acceptors (Lipinski definition) is 3. The minimum Gasteiger partial charge on any atom is -0.227 e. The maximum atomic E-state index is 11.6. The van der Waals surface area contributed by atoms with Gasteiger partial charge in [0.25, 0.3) is 0 Å². The van der Waals surface area contributed by atoms with E-state index in [9.17, 15) is 4.57 Å². The molecule has 0 saturated heterocycles. The fraction of sp³-hybridized carbons (Fsp3) is 0.667. The van der Waals surface area contributed by atoms with Gasteiger partial charge in [-0.25, -0.2) is 9.05 Å². The fourth-order valence-electron chi connectivity index (χ4n) is 1.99. The van der Waals surface area contributed by atoms with Crippen molar-refractivity contribution in [1.29, 1.82) is 0 Å². The molecule has 0 atom stereocenters. The van der Waals surface area contributed by atoms with Crippen LogP contribution in [0.15, 0.2) is 23.7 Å². The van der Waals surface area contributed by atoms with Gasteiger partial charge in [-0.2, -0.15) is 0 Å². The molecule has 16 heavy (non-hydrogen) atoms. The molecule has 0 amide bonds. The highest BCUT2D eigenvalue weighted by Gasteiger charge is 2.27. The second kappa shape index (κ2) is 6.05. The zero-order valence-electron chi connectivity index (χ0n) is 9.48. The molecule has 0 aromatic heterocycles. The van der Waals surface area contributed by atoms with Crippen LogP contribution >= 0.6 is 8.25 Å². The van der Waals surface area contributed by atoms with E-state index in [1.54, 1.807) is 0 Å². The van der Waals surface area contributed by atoms with E-state index < -0.39 is 8.25 Å². The van der Waals surface area contributed by atoms with Gasteiger partial charge in [-0.05, 0) is 50.7 Å². The van der Waals surface area contributed by atoms with Crippen molar-refractivity contribution in [1.82, 2.24) is 0 Å². The molecule has 0 aromatic carbocycles. The van der Waals surface area contributed by atoms with Gasteiger partial charge in [0.2, 0.25) is 0 Å². The third kappa shape index (κ3) is 3.64. The normalized spacial score (nSPS) is 20.8. The van der Waals surface area contributed by atoms with Crippen molar-refractivity contribution in [2.75, 3.05) is 0 Å². The van der Waals surface area contributed by atoms with E-state index in [0.717, 1.165) is 50.0 Å². The number of hydrogen-bond donors (Lipinski definition) is 0. The van der Waals surface area contributed by atoms with E-state index in [1.807, 2.05) is 12.2 Å². The Balaban J connectivity index is 1.79. The van der Waals surface area contributed by atoms with E-state index in [1.165, 1.54) is 12.8 Å². The molecule has 0 unspecified atom stereocenters. The van der Waals surface area contributed by atoms with Crippen molar-refractivity contribution in [2.24, 2.45) is 0 Å². The minimum absolute atomic E-state index is 0.837. The maximum absolute atomic E-state index is 11.6. The summed E-state index contributed by atoms with van der Waals surface area (Å²) < 4.78 is 22.2. The fourth-order valence-corrected chi connectivity index (χ4v) is 2.75. The largest absolute Gasteiger partial charge is 0.804 e. The lowest BCUT2D eigenvalue weighted by Gasteiger charge is -2.08. The van der Waals surface area contributed by atoms with Crippen molar-refractivity contribution in [2.45, 2.75) is 51.4 Å². The Labute approximate surface area is 97.5 Å². The van der Waals surface area contributed by atoms with Crippen molar-refractivity contribution >= 4 is 8.25 Å². The van der Waals surface area contributed by atoms with Gasteiger partial charge in [0.1, 0.15) is 0 Å². The smallest absolute Gasteiger partial charge is 0.227 e. The van der Waals surface area contributed by atoms with Crippen LogP contribution in [0.25, 0.3) is 0 Å². The average molecular weight is 241 g/mol. The standard InChI is InChI=1S/C12H18O3P/c13-16(14-11-7-3-1-4-8-11)15-12-9-5-2-6-10-12/h7,9H,1-6,8,10H2/q+1. The Morgan fingerprint density at radius 1 is 0.875 bits per heavy atom. The summed E-state index contributed by atoms with van der Waals surface area (Å²) in [6.07, 6.45) is 12.5. The Bertz CT molecular complexity index is 290. The summed E-state index contributed by atoms with van der Waals surface area (Å²) in [6, 6.07) is 0. The SMILES string of the molecule is O=[P+](OC1=CCCCC1)OC1=CCCCC1. The van der Waals surface area contributed by atoms with E-state index in [0.29, 0.717) is 0 Å². The molecule has 3 nitrogen and oxygen atoms in total. The molecule has 2 rings (SSSR count). The Morgan fingerprint density at radius 3 is 1.75 bits per heavy atom. The van der Waals surface area contributed by atoms with Crippen molar-refractivity contribution in [3.8, 4) is 0 Å². The third-order valence-electron chi connectivity index (χ3n) is 2.88.